The molecule has 0 radical (unpaired) electrons. The summed E-state index contributed by atoms with van der Waals surface area (Å²) in [6, 6.07) is 8.30. The van der Waals surface area contributed by atoms with E-state index in [-0.39, 0.29) is 23.8 Å². The van der Waals surface area contributed by atoms with Gasteiger partial charge in [0.15, 0.2) is 11.6 Å². The predicted octanol–water partition coefficient (Wildman–Crippen LogP) is 2.24. The number of hydrogen-bond acceptors (Lipinski definition) is 7. The number of ether oxygens (including phenoxy) is 1. The van der Waals surface area contributed by atoms with Crippen molar-refractivity contribution in [1.82, 2.24) is 30.0 Å². The van der Waals surface area contributed by atoms with Crippen LogP contribution in [0.15, 0.2) is 40.9 Å². The third kappa shape index (κ3) is 4.95. The van der Waals surface area contributed by atoms with Crippen molar-refractivity contribution < 1.29 is 18.7 Å². The highest BCUT2D eigenvalue weighted by molar-refractivity contribution is 5.92. The number of pyridine rings is 1. The molecule has 1 N–H and O–H groups in total. The molecule has 174 valence electrons. The molecule has 0 aromatic carbocycles. The molecule has 0 unspecified atom stereocenters. The van der Waals surface area contributed by atoms with Crippen LogP contribution < -0.4 is 5.32 Å². The molecule has 1 atom stereocenters. The highest BCUT2D eigenvalue weighted by Gasteiger charge is 2.29. The van der Waals surface area contributed by atoms with Gasteiger partial charge >= 0.3 is 0 Å². The first-order valence-corrected chi connectivity index (χ1v) is 11.0. The normalized spacial score (nSPS) is 14.6. The van der Waals surface area contributed by atoms with Gasteiger partial charge in [-0.3, -0.25) is 14.6 Å². The lowest BCUT2D eigenvalue weighted by Gasteiger charge is -2.23. The number of aromatic nitrogens is 4. The van der Waals surface area contributed by atoms with E-state index in [1.807, 2.05) is 18.4 Å². The van der Waals surface area contributed by atoms with Gasteiger partial charge < -0.3 is 23.9 Å². The average molecular weight is 453 g/mol. The Hall–Kier alpha value is -3.53. The van der Waals surface area contributed by atoms with Crippen molar-refractivity contribution in [3.63, 3.8) is 0 Å². The van der Waals surface area contributed by atoms with Crippen LogP contribution in [0.4, 0.5) is 0 Å². The number of methoxy groups -OCH3 is 1. The quantitative estimate of drug-likeness (QED) is 0.584. The molecule has 0 aliphatic carbocycles. The highest BCUT2D eigenvalue weighted by Crippen LogP contribution is 2.23. The van der Waals surface area contributed by atoms with E-state index < -0.39 is 0 Å². The number of amides is 2. The number of furan rings is 1. The Morgan fingerprint density at radius 2 is 2.00 bits per heavy atom. The van der Waals surface area contributed by atoms with Crippen LogP contribution in [0.5, 0.6) is 0 Å². The first-order valence-electron chi connectivity index (χ1n) is 11.0. The van der Waals surface area contributed by atoms with E-state index in [1.165, 1.54) is 0 Å². The van der Waals surface area contributed by atoms with Crippen LogP contribution in [0, 0.1) is 5.92 Å². The van der Waals surface area contributed by atoms with Crippen molar-refractivity contribution in [2.24, 2.45) is 5.92 Å². The van der Waals surface area contributed by atoms with E-state index in [1.54, 1.807) is 48.5 Å². The summed E-state index contributed by atoms with van der Waals surface area (Å²) < 4.78 is 12.7. The van der Waals surface area contributed by atoms with Crippen molar-refractivity contribution in [3.8, 4) is 0 Å². The molecule has 3 aromatic heterocycles. The maximum atomic E-state index is 13.0. The van der Waals surface area contributed by atoms with Crippen LogP contribution in [0.1, 0.15) is 58.3 Å². The number of hydrogen-bond donors (Lipinski definition) is 1. The summed E-state index contributed by atoms with van der Waals surface area (Å²) in [4.78, 5) is 31.6. The first kappa shape index (κ1) is 22.7. The molecule has 2 amide bonds. The second-order valence-electron chi connectivity index (χ2n) is 8.28. The van der Waals surface area contributed by atoms with Crippen LogP contribution in [0.25, 0.3) is 0 Å². The molecule has 33 heavy (non-hydrogen) atoms. The molecule has 3 aromatic rings. The van der Waals surface area contributed by atoms with Gasteiger partial charge in [0.25, 0.3) is 11.8 Å². The van der Waals surface area contributed by atoms with Crippen LogP contribution in [-0.4, -0.2) is 56.7 Å². The lowest BCUT2D eigenvalue weighted by molar-refractivity contribution is 0.0718. The van der Waals surface area contributed by atoms with Crippen molar-refractivity contribution in [2.45, 2.75) is 39.5 Å². The summed E-state index contributed by atoms with van der Waals surface area (Å²) in [5, 5.41) is 11.8. The Morgan fingerprint density at radius 3 is 2.73 bits per heavy atom. The molecule has 4 rings (SSSR count). The third-order valence-electron chi connectivity index (χ3n) is 5.63. The van der Waals surface area contributed by atoms with Gasteiger partial charge in [-0.2, -0.15) is 0 Å². The third-order valence-corrected chi connectivity index (χ3v) is 5.63. The summed E-state index contributed by atoms with van der Waals surface area (Å²) in [6.45, 7) is 5.87. The summed E-state index contributed by atoms with van der Waals surface area (Å²) in [5.74, 6) is 2.02. The summed E-state index contributed by atoms with van der Waals surface area (Å²) in [6.07, 6.45) is 2.15. The second kappa shape index (κ2) is 9.95. The Bertz CT molecular complexity index is 1110. The van der Waals surface area contributed by atoms with Crippen LogP contribution in [0.2, 0.25) is 0 Å². The molecule has 10 nitrogen and oxygen atoms in total. The molecule has 1 aliphatic rings. The number of nitrogens with zero attached hydrogens (tertiary/aromatic N) is 5. The maximum Gasteiger partial charge on any atom is 0.289 e. The Morgan fingerprint density at radius 1 is 1.15 bits per heavy atom. The van der Waals surface area contributed by atoms with Crippen LogP contribution in [-0.2, 0) is 24.3 Å². The van der Waals surface area contributed by atoms with E-state index in [2.05, 4.69) is 20.5 Å². The fourth-order valence-corrected chi connectivity index (χ4v) is 3.89. The lowest BCUT2D eigenvalue weighted by atomic mass is 10.0. The molecule has 0 fully saturated rings. The van der Waals surface area contributed by atoms with E-state index >= 15 is 0 Å². The summed E-state index contributed by atoms with van der Waals surface area (Å²) in [5.41, 5.74) is 0.349. The monoisotopic (exact) mass is 452 g/mol. The number of carbonyl (C=O) groups is 2. The molecular formula is C23H28N6O4. The minimum atomic E-state index is -0.343. The SMILES string of the molecule is COCc1ccc(C(=O)N2CCc3nnc([C@H](NC(=O)c4ccccn4)C(C)C)n3CC2)o1. The lowest BCUT2D eigenvalue weighted by Crippen LogP contribution is -2.35. The van der Waals surface area contributed by atoms with Crippen molar-refractivity contribution in [1.29, 1.82) is 0 Å². The Kier molecular flexibility index (Phi) is 6.83. The van der Waals surface area contributed by atoms with Gasteiger partial charge in [-0.15, -0.1) is 10.2 Å². The van der Waals surface area contributed by atoms with Crippen molar-refractivity contribution >= 4 is 11.8 Å². The highest BCUT2D eigenvalue weighted by atomic mass is 16.5. The standard InChI is InChI=1S/C23H28N6O4/c1-15(2)20(25-22(30)17-6-4-5-10-24-17)21-27-26-19-9-11-28(12-13-29(19)21)23(31)18-8-7-16(33-18)14-32-3/h4-8,10,15,20H,9,11-14H2,1-3H3,(H,25,30)/t20-/m1/s1. The molecule has 0 spiro atoms. The Balaban J connectivity index is 1.49. The van der Waals surface area contributed by atoms with Gasteiger partial charge in [0.2, 0.25) is 0 Å². The van der Waals surface area contributed by atoms with Gasteiger partial charge in [-0.25, -0.2) is 0 Å². The predicted molar refractivity (Wildman–Crippen MR) is 118 cm³/mol. The number of carbonyl (C=O) groups excluding carboxylic acids is 2. The summed E-state index contributed by atoms with van der Waals surface area (Å²) >= 11 is 0. The van der Waals surface area contributed by atoms with Gasteiger partial charge in [0, 0.05) is 39.4 Å². The molecule has 1 aliphatic heterocycles. The Labute approximate surface area is 192 Å². The fourth-order valence-electron chi connectivity index (χ4n) is 3.89. The van der Waals surface area contributed by atoms with Crippen LogP contribution >= 0.6 is 0 Å². The topological polar surface area (TPSA) is 115 Å². The minimum Gasteiger partial charge on any atom is -0.453 e. The molecule has 0 saturated heterocycles. The zero-order chi connectivity index (χ0) is 23.4. The molecule has 10 heteroatoms. The largest absolute Gasteiger partial charge is 0.453 e. The average Bonchev–Trinajstić information content (AvgIpc) is 3.39. The summed E-state index contributed by atoms with van der Waals surface area (Å²) in [7, 11) is 1.58. The zero-order valence-electron chi connectivity index (χ0n) is 19.0. The van der Waals surface area contributed by atoms with E-state index in [4.69, 9.17) is 9.15 Å². The van der Waals surface area contributed by atoms with E-state index in [9.17, 15) is 9.59 Å². The number of nitrogens with one attached hydrogen (secondary N) is 1. The van der Waals surface area contributed by atoms with Gasteiger partial charge in [-0.1, -0.05) is 19.9 Å². The van der Waals surface area contributed by atoms with E-state index in [0.29, 0.717) is 55.7 Å². The van der Waals surface area contributed by atoms with E-state index in [0.717, 1.165) is 5.82 Å². The van der Waals surface area contributed by atoms with Gasteiger partial charge in [0.1, 0.15) is 23.9 Å². The first-order chi connectivity index (χ1) is 16.0. The molecule has 0 bridgehead atoms. The van der Waals surface area contributed by atoms with Gasteiger partial charge in [0.05, 0.1) is 6.04 Å². The minimum absolute atomic E-state index is 0.0780. The smallest absolute Gasteiger partial charge is 0.289 e. The number of fused-ring (bicyclic) bond motifs is 1. The van der Waals surface area contributed by atoms with Crippen molar-refractivity contribution in [2.75, 3.05) is 20.2 Å². The number of rotatable bonds is 7. The van der Waals surface area contributed by atoms with Crippen LogP contribution in [0.3, 0.4) is 0 Å². The van der Waals surface area contributed by atoms with Crippen molar-refractivity contribution in [3.05, 3.63) is 65.4 Å². The molecule has 4 heterocycles. The fraction of sp³-hybridized carbons (Fsp3) is 0.435. The maximum absolute atomic E-state index is 13.0. The molecular weight excluding hydrogens is 424 g/mol. The second-order valence-corrected chi connectivity index (χ2v) is 8.28. The van der Waals surface area contributed by atoms with Gasteiger partial charge in [-0.05, 0) is 30.2 Å². The zero-order valence-corrected chi connectivity index (χ0v) is 19.0. The molecule has 0 saturated carbocycles.